The van der Waals surface area contributed by atoms with Gasteiger partial charge in [-0.3, -0.25) is 0 Å². The molecule has 1 nitrogen and oxygen atoms in total. The molecule has 0 radical (unpaired) electrons. The maximum absolute atomic E-state index is 5.37. The summed E-state index contributed by atoms with van der Waals surface area (Å²) in [6.07, 6.45) is 15.7. The molecule has 30 heavy (non-hydrogen) atoms. The number of fused-ring (bicyclic) bond motifs is 1. The molecule has 2 aliphatic rings. The highest BCUT2D eigenvalue weighted by atomic mass is 16.5. The van der Waals surface area contributed by atoms with Gasteiger partial charge in [-0.15, -0.1) is 0 Å². The Balaban J connectivity index is 1.38. The zero-order chi connectivity index (χ0) is 20.8. The molecule has 0 N–H and O–H groups in total. The molecule has 4 rings (SSSR count). The number of methoxy groups -OCH3 is 1. The average molecular weight is 405 g/mol. The van der Waals surface area contributed by atoms with Gasteiger partial charge < -0.3 is 4.74 Å². The topological polar surface area (TPSA) is 9.23 Å². The first-order valence-electron chi connectivity index (χ1n) is 12.5. The van der Waals surface area contributed by atoms with Gasteiger partial charge in [-0.2, -0.15) is 0 Å². The van der Waals surface area contributed by atoms with Crippen LogP contribution in [0.15, 0.2) is 48.5 Å². The lowest BCUT2D eigenvalue weighted by molar-refractivity contribution is 0.374. The standard InChI is InChI=1S/C29H40O/c1-3-4-8-22-9-7-10-23(14-13-22)15-16-25-21-29(28-12-6-5-11-27(25)28)24-17-19-26(30-2)20-18-24/h5-6,11-12,17-20,22-23,25,29H,3-4,7-10,13-16,21H2,1-2H3. The average Bonchev–Trinajstić information content (AvgIpc) is 3.01. The first kappa shape index (κ1) is 21.5. The second-order valence-electron chi connectivity index (χ2n) is 9.85. The smallest absolute Gasteiger partial charge is 0.118 e. The molecular formula is C29H40O. The van der Waals surface area contributed by atoms with Gasteiger partial charge in [0.05, 0.1) is 7.11 Å². The number of unbranched alkanes of at least 4 members (excludes halogenated alkanes) is 1. The molecular weight excluding hydrogens is 364 g/mol. The zero-order valence-corrected chi connectivity index (χ0v) is 19.1. The molecule has 162 valence electrons. The van der Waals surface area contributed by atoms with Gasteiger partial charge >= 0.3 is 0 Å². The van der Waals surface area contributed by atoms with Gasteiger partial charge in [0.1, 0.15) is 5.75 Å². The van der Waals surface area contributed by atoms with Crippen LogP contribution in [0.5, 0.6) is 5.75 Å². The highest BCUT2D eigenvalue weighted by molar-refractivity contribution is 5.45. The van der Waals surface area contributed by atoms with E-state index in [9.17, 15) is 0 Å². The molecule has 0 heterocycles. The SMILES string of the molecule is CCCCC1CCCC(CCC2CC(c3ccc(OC)cc3)c3ccccc32)CC1. The molecule has 2 aliphatic carbocycles. The van der Waals surface area contributed by atoms with Crippen molar-refractivity contribution in [1.29, 1.82) is 0 Å². The molecule has 0 bridgehead atoms. The monoisotopic (exact) mass is 404 g/mol. The third-order valence-corrected chi connectivity index (χ3v) is 7.95. The van der Waals surface area contributed by atoms with Gasteiger partial charge in [0.25, 0.3) is 0 Å². The van der Waals surface area contributed by atoms with E-state index in [4.69, 9.17) is 4.74 Å². The fourth-order valence-electron chi connectivity index (χ4n) is 6.13. The van der Waals surface area contributed by atoms with Crippen molar-refractivity contribution in [3.8, 4) is 5.75 Å². The number of hydrogen-bond acceptors (Lipinski definition) is 1. The highest BCUT2D eigenvalue weighted by Crippen LogP contribution is 2.48. The summed E-state index contributed by atoms with van der Waals surface area (Å²) in [5.74, 6) is 4.20. The van der Waals surface area contributed by atoms with E-state index in [-0.39, 0.29) is 0 Å². The quantitative estimate of drug-likeness (QED) is 0.401. The maximum atomic E-state index is 5.37. The lowest BCUT2D eigenvalue weighted by Gasteiger charge is -2.18. The van der Waals surface area contributed by atoms with Crippen molar-refractivity contribution in [2.45, 2.75) is 89.4 Å². The Morgan fingerprint density at radius 2 is 1.50 bits per heavy atom. The normalized spacial score (nSPS) is 26.2. The van der Waals surface area contributed by atoms with Crippen LogP contribution in [0.25, 0.3) is 0 Å². The van der Waals surface area contributed by atoms with Crippen molar-refractivity contribution in [1.82, 2.24) is 0 Å². The number of ether oxygens (including phenoxy) is 1. The summed E-state index contributed by atoms with van der Waals surface area (Å²) in [6, 6.07) is 18.0. The minimum atomic E-state index is 0.546. The molecule has 4 unspecified atom stereocenters. The maximum Gasteiger partial charge on any atom is 0.118 e. The van der Waals surface area contributed by atoms with Crippen LogP contribution in [0.1, 0.15) is 106 Å². The Morgan fingerprint density at radius 3 is 2.20 bits per heavy atom. The number of rotatable bonds is 8. The van der Waals surface area contributed by atoms with Crippen LogP contribution in [0.2, 0.25) is 0 Å². The molecule has 0 saturated heterocycles. The van der Waals surface area contributed by atoms with Crippen LogP contribution >= 0.6 is 0 Å². The minimum absolute atomic E-state index is 0.546. The molecule has 0 amide bonds. The second-order valence-corrected chi connectivity index (χ2v) is 9.85. The Kier molecular flexibility index (Phi) is 7.52. The van der Waals surface area contributed by atoms with Gasteiger partial charge in [-0.25, -0.2) is 0 Å². The van der Waals surface area contributed by atoms with Crippen LogP contribution in [0.4, 0.5) is 0 Å². The van der Waals surface area contributed by atoms with Crippen molar-refractivity contribution >= 4 is 0 Å². The molecule has 0 aromatic heterocycles. The van der Waals surface area contributed by atoms with E-state index in [2.05, 4.69) is 55.5 Å². The van der Waals surface area contributed by atoms with Crippen molar-refractivity contribution < 1.29 is 4.74 Å². The molecule has 0 aliphatic heterocycles. The third kappa shape index (κ3) is 5.10. The van der Waals surface area contributed by atoms with Crippen molar-refractivity contribution in [3.05, 3.63) is 65.2 Å². The van der Waals surface area contributed by atoms with Gasteiger partial charge in [0.15, 0.2) is 0 Å². The summed E-state index contributed by atoms with van der Waals surface area (Å²) in [5, 5.41) is 0. The molecule has 1 heteroatoms. The van der Waals surface area contributed by atoms with Crippen LogP contribution in [-0.4, -0.2) is 7.11 Å². The Morgan fingerprint density at radius 1 is 0.800 bits per heavy atom. The molecule has 1 fully saturated rings. The van der Waals surface area contributed by atoms with Crippen LogP contribution in [0.3, 0.4) is 0 Å². The highest BCUT2D eigenvalue weighted by Gasteiger charge is 2.32. The molecule has 2 aromatic rings. The van der Waals surface area contributed by atoms with E-state index in [1.807, 2.05) is 0 Å². The zero-order valence-electron chi connectivity index (χ0n) is 19.1. The van der Waals surface area contributed by atoms with Gasteiger partial charge in [-0.05, 0) is 65.8 Å². The van der Waals surface area contributed by atoms with E-state index in [1.54, 1.807) is 18.2 Å². The predicted octanol–water partition coefficient (Wildman–Crippen LogP) is 8.48. The van der Waals surface area contributed by atoms with Crippen LogP contribution in [0, 0.1) is 11.8 Å². The third-order valence-electron chi connectivity index (χ3n) is 7.95. The van der Waals surface area contributed by atoms with E-state index in [0.29, 0.717) is 5.92 Å². The molecule has 4 atom stereocenters. The summed E-state index contributed by atoms with van der Waals surface area (Å²) in [7, 11) is 1.75. The lowest BCUT2D eigenvalue weighted by Crippen LogP contribution is -2.04. The van der Waals surface area contributed by atoms with E-state index < -0.39 is 0 Å². The number of benzene rings is 2. The Bertz CT molecular complexity index is 777. The Labute approximate surface area is 184 Å². The largest absolute Gasteiger partial charge is 0.497 e. The van der Waals surface area contributed by atoms with E-state index in [0.717, 1.165) is 23.5 Å². The second kappa shape index (κ2) is 10.5. The minimum Gasteiger partial charge on any atom is -0.497 e. The molecule has 1 saturated carbocycles. The van der Waals surface area contributed by atoms with Gasteiger partial charge in [-0.1, -0.05) is 94.7 Å². The van der Waals surface area contributed by atoms with Gasteiger partial charge in [0, 0.05) is 5.92 Å². The summed E-state index contributed by atoms with van der Waals surface area (Å²) in [6.45, 7) is 2.33. The summed E-state index contributed by atoms with van der Waals surface area (Å²) in [5.41, 5.74) is 4.62. The predicted molar refractivity (Wildman–Crippen MR) is 127 cm³/mol. The van der Waals surface area contributed by atoms with E-state index in [1.165, 1.54) is 76.2 Å². The first-order valence-corrected chi connectivity index (χ1v) is 12.5. The lowest BCUT2D eigenvalue weighted by atomic mass is 9.87. The van der Waals surface area contributed by atoms with Crippen molar-refractivity contribution in [3.63, 3.8) is 0 Å². The fraction of sp³-hybridized carbons (Fsp3) is 0.586. The first-order chi connectivity index (χ1) is 14.8. The Hall–Kier alpha value is -1.76. The molecule has 2 aromatic carbocycles. The number of hydrogen-bond donors (Lipinski definition) is 0. The molecule has 0 spiro atoms. The van der Waals surface area contributed by atoms with Gasteiger partial charge in [0.2, 0.25) is 0 Å². The van der Waals surface area contributed by atoms with Crippen molar-refractivity contribution in [2.24, 2.45) is 11.8 Å². The summed E-state index contributed by atoms with van der Waals surface area (Å²) >= 11 is 0. The van der Waals surface area contributed by atoms with E-state index >= 15 is 0 Å². The van der Waals surface area contributed by atoms with Crippen molar-refractivity contribution in [2.75, 3.05) is 7.11 Å². The fourth-order valence-corrected chi connectivity index (χ4v) is 6.13. The van der Waals surface area contributed by atoms with Crippen LogP contribution in [-0.2, 0) is 0 Å². The van der Waals surface area contributed by atoms with Crippen LogP contribution < -0.4 is 4.74 Å². The summed E-state index contributed by atoms with van der Waals surface area (Å²) in [4.78, 5) is 0. The summed E-state index contributed by atoms with van der Waals surface area (Å²) < 4.78 is 5.37.